The Bertz CT molecular complexity index is 3100. The molecule has 0 N–H and O–H groups in total. The molecule has 7 heteroatoms. The molecule has 0 aliphatic rings. The molecule has 10 aromatic rings. The quantitative estimate of drug-likeness (QED) is 0.161. The van der Waals surface area contributed by atoms with Crippen molar-refractivity contribution in [3.05, 3.63) is 205 Å². The fourth-order valence-electron chi connectivity index (χ4n) is 8.21. The summed E-state index contributed by atoms with van der Waals surface area (Å²) in [5.41, 5.74) is 11.8. The summed E-state index contributed by atoms with van der Waals surface area (Å²) in [6.07, 6.45) is -4.53. The normalized spacial score (nSPS) is 11.7. The molecule has 0 aliphatic carbocycles. The van der Waals surface area contributed by atoms with Gasteiger partial charge in [-0.15, -0.1) is 0 Å². The highest BCUT2D eigenvalue weighted by Gasteiger charge is 2.31. The van der Waals surface area contributed by atoms with Gasteiger partial charge in [-0.25, -0.2) is 15.0 Å². The topological polar surface area (TPSA) is 43.6 Å². The highest BCUT2D eigenvalue weighted by atomic mass is 19.4. The maximum atomic E-state index is 14.3. The molecule has 2 aromatic heterocycles. The Morgan fingerprint density at radius 2 is 0.852 bits per heavy atom. The minimum Gasteiger partial charge on any atom is -0.309 e. The average molecular weight is 799 g/mol. The Balaban J connectivity index is 1.28. The number of halogens is 3. The van der Waals surface area contributed by atoms with Gasteiger partial charge >= 0.3 is 6.18 Å². The fraction of sp³-hybridized carbons (Fsp3) is 0.0556. The molecule has 2 heterocycles. The van der Waals surface area contributed by atoms with Crippen molar-refractivity contribution in [2.75, 3.05) is 0 Å². The van der Waals surface area contributed by atoms with Crippen molar-refractivity contribution in [2.24, 2.45) is 0 Å². The van der Waals surface area contributed by atoms with E-state index in [1.54, 1.807) is 6.07 Å². The first kappa shape index (κ1) is 37.6. The maximum Gasteiger partial charge on any atom is 0.416 e. The number of benzene rings is 8. The molecule has 4 nitrogen and oxygen atoms in total. The molecule has 10 rings (SSSR count). The molecule has 0 fully saturated rings. The Labute approximate surface area is 351 Å². The fourth-order valence-corrected chi connectivity index (χ4v) is 8.21. The summed E-state index contributed by atoms with van der Waals surface area (Å²) in [4.78, 5) is 15.1. The van der Waals surface area contributed by atoms with Crippen molar-refractivity contribution in [2.45, 2.75) is 20.0 Å². The van der Waals surface area contributed by atoms with Crippen LogP contribution in [-0.2, 0) is 6.18 Å². The zero-order chi connectivity index (χ0) is 41.7. The van der Waals surface area contributed by atoms with Gasteiger partial charge in [0.25, 0.3) is 0 Å². The van der Waals surface area contributed by atoms with Crippen LogP contribution in [0.5, 0.6) is 0 Å². The SMILES string of the molecule is Cc1cccc(-c2ccc3c4ccc(-c5cccc(C)c5)cc4n(-c4ccc(-c5cccc(C(F)(F)F)c5)c(-c5nc(-c6ccccc6)nc(-c6ccccc6)n5)c4)c3c2)c1. The minimum atomic E-state index is -4.53. The molecule has 0 spiro atoms. The Morgan fingerprint density at radius 3 is 1.38 bits per heavy atom. The summed E-state index contributed by atoms with van der Waals surface area (Å²) in [6, 6.07) is 60.7. The average Bonchev–Trinajstić information content (AvgIpc) is 3.62. The first-order valence-electron chi connectivity index (χ1n) is 20.1. The summed E-state index contributed by atoms with van der Waals surface area (Å²) < 4.78 is 45.0. The van der Waals surface area contributed by atoms with Gasteiger partial charge in [-0.3, -0.25) is 0 Å². The summed E-state index contributed by atoms with van der Waals surface area (Å²) in [5.74, 6) is 1.24. The highest BCUT2D eigenvalue weighted by molar-refractivity contribution is 6.11. The van der Waals surface area contributed by atoms with E-state index < -0.39 is 11.7 Å². The number of hydrogen-bond acceptors (Lipinski definition) is 3. The lowest BCUT2D eigenvalue weighted by molar-refractivity contribution is -0.137. The van der Waals surface area contributed by atoms with E-state index in [1.807, 2.05) is 78.9 Å². The Hall–Kier alpha value is -7.64. The van der Waals surface area contributed by atoms with E-state index in [1.165, 1.54) is 12.1 Å². The third-order valence-electron chi connectivity index (χ3n) is 11.2. The van der Waals surface area contributed by atoms with Gasteiger partial charge in [0.15, 0.2) is 17.5 Å². The lowest BCUT2D eigenvalue weighted by Crippen LogP contribution is -2.05. The lowest BCUT2D eigenvalue weighted by atomic mass is 9.96. The minimum absolute atomic E-state index is 0.337. The predicted molar refractivity (Wildman–Crippen MR) is 241 cm³/mol. The van der Waals surface area contributed by atoms with Crippen LogP contribution in [0.25, 0.3) is 95.0 Å². The Kier molecular flexibility index (Phi) is 9.37. The van der Waals surface area contributed by atoms with E-state index in [2.05, 4.69) is 103 Å². The van der Waals surface area contributed by atoms with Gasteiger partial charge in [-0.2, -0.15) is 13.2 Å². The van der Waals surface area contributed by atoms with Crippen LogP contribution in [0.1, 0.15) is 16.7 Å². The van der Waals surface area contributed by atoms with Gasteiger partial charge in [0.05, 0.1) is 16.6 Å². The van der Waals surface area contributed by atoms with E-state index in [4.69, 9.17) is 15.0 Å². The number of rotatable bonds is 7. The molecule has 0 aliphatic heterocycles. The van der Waals surface area contributed by atoms with E-state index in [0.717, 1.165) is 78.1 Å². The third kappa shape index (κ3) is 7.25. The summed E-state index contributed by atoms with van der Waals surface area (Å²) >= 11 is 0. The number of aryl methyl sites for hydroxylation is 2. The molecule has 0 bridgehead atoms. The molecule has 8 aromatic carbocycles. The first-order valence-corrected chi connectivity index (χ1v) is 20.1. The van der Waals surface area contributed by atoms with Crippen molar-refractivity contribution >= 4 is 21.8 Å². The molecule has 0 atom stereocenters. The monoisotopic (exact) mass is 798 g/mol. The summed E-state index contributed by atoms with van der Waals surface area (Å²) in [5, 5.41) is 2.15. The van der Waals surface area contributed by atoms with Gasteiger partial charge in [-0.1, -0.05) is 163 Å². The van der Waals surface area contributed by atoms with E-state index in [0.29, 0.717) is 34.2 Å². The van der Waals surface area contributed by atoms with Gasteiger partial charge in [0.1, 0.15) is 0 Å². The maximum absolute atomic E-state index is 14.3. The van der Waals surface area contributed by atoms with Crippen LogP contribution < -0.4 is 0 Å². The zero-order valence-electron chi connectivity index (χ0n) is 33.3. The van der Waals surface area contributed by atoms with Gasteiger partial charge in [0.2, 0.25) is 0 Å². The molecule has 0 unspecified atom stereocenters. The summed E-state index contributed by atoms with van der Waals surface area (Å²) in [6.45, 7) is 4.18. The number of aromatic nitrogens is 4. The van der Waals surface area contributed by atoms with Crippen LogP contribution in [0.2, 0.25) is 0 Å². The molecular weight excluding hydrogens is 762 g/mol. The standard InChI is InChI=1S/C54H37F3N4/c1-34-12-9-18-38(28-34)40-22-25-46-47-26-23-41(39-19-10-13-35(2)29-39)32-50(47)61(49(46)31-40)44-24-27-45(42-20-11-21-43(30-42)54(55,56)57)48(33-44)53-59-51(36-14-5-3-6-15-36)58-52(60-53)37-16-7-4-8-17-37/h3-33H,1-2H3. The van der Waals surface area contributed by atoms with Crippen LogP contribution in [0, 0.1) is 13.8 Å². The number of alkyl halides is 3. The predicted octanol–water partition coefficient (Wildman–Crippen LogP) is 14.6. The first-order chi connectivity index (χ1) is 29.7. The van der Waals surface area contributed by atoms with Gasteiger partial charge in [0, 0.05) is 33.2 Å². The molecular formula is C54H37F3N4. The van der Waals surface area contributed by atoms with E-state index >= 15 is 0 Å². The largest absolute Gasteiger partial charge is 0.416 e. The van der Waals surface area contributed by atoms with Gasteiger partial charge < -0.3 is 4.57 Å². The number of fused-ring (bicyclic) bond motifs is 3. The molecule has 0 amide bonds. The number of nitrogens with zero attached hydrogens (tertiary/aromatic N) is 4. The van der Waals surface area contributed by atoms with Crippen molar-refractivity contribution in [3.63, 3.8) is 0 Å². The van der Waals surface area contributed by atoms with Crippen molar-refractivity contribution in [1.29, 1.82) is 0 Å². The highest BCUT2D eigenvalue weighted by Crippen LogP contribution is 2.41. The molecule has 0 saturated carbocycles. The molecule has 0 radical (unpaired) electrons. The van der Waals surface area contributed by atoms with E-state index in [9.17, 15) is 13.2 Å². The van der Waals surface area contributed by atoms with Crippen molar-refractivity contribution in [1.82, 2.24) is 19.5 Å². The second-order valence-electron chi connectivity index (χ2n) is 15.4. The molecule has 294 valence electrons. The van der Waals surface area contributed by atoms with Crippen molar-refractivity contribution < 1.29 is 13.2 Å². The zero-order valence-corrected chi connectivity index (χ0v) is 33.3. The van der Waals surface area contributed by atoms with Crippen LogP contribution in [0.15, 0.2) is 188 Å². The summed E-state index contributed by atoms with van der Waals surface area (Å²) in [7, 11) is 0. The lowest BCUT2D eigenvalue weighted by Gasteiger charge is -2.17. The van der Waals surface area contributed by atoms with Crippen LogP contribution >= 0.6 is 0 Å². The van der Waals surface area contributed by atoms with Gasteiger partial charge in [-0.05, 0) is 83.6 Å². The second kappa shape index (κ2) is 15.2. The smallest absolute Gasteiger partial charge is 0.309 e. The number of hydrogen-bond donors (Lipinski definition) is 0. The van der Waals surface area contributed by atoms with Crippen molar-refractivity contribution in [3.8, 4) is 73.2 Å². The van der Waals surface area contributed by atoms with Crippen LogP contribution in [0.4, 0.5) is 13.2 Å². The molecule has 0 saturated heterocycles. The second-order valence-corrected chi connectivity index (χ2v) is 15.4. The molecule has 61 heavy (non-hydrogen) atoms. The van der Waals surface area contributed by atoms with Crippen LogP contribution in [0.3, 0.4) is 0 Å². The Morgan fingerprint density at radius 1 is 0.377 bits per heavy atom. The van der Waals surface area contributed by atoms with E-state index in [-0.39, 0.29) is 0 Å². The third-order valence-corrected chi connectivity index (χ3v) is 11.2. The van der Waals surface area contributed by atoms with Crippen LogP contribution in [-0.4, -0.2) is 19.5 Å².